The highest BCUT2D eigenvalue weighted by Gasteiger charge is 2.20. The molecule has 36 heavy (non-hydrogen) atoms. The van der Waals surface area contributed by atoms with E-state index in [1.165, 1.54) is 0 Å². The van der Waals surface area contributed by atoms with E-state index in [4.69, 9.17) is 19.3 Å². The molecule has 0 atom stereocenters. The minimum absolute atomic E-state index is 0.263. The van der Waals surface area contributed by atoms with Crippen LogP contribution in [0.15, 0.2) is 79.0 Å². The van der Waals surface area contributed by atoms with Gasteiger partial charge < -0.3 is 24.5 Å². The topological polar surface area (TPSA) is 90.4 Å². The Labute approximate surface area is 208 Å². The van der Waals surface area contributed by atoms with E-state index in [1.807, 2.05) is 71.5 Å². The Kier molecular flexibility index (Phi) is 6.32. The smallest absolute Gasteiger partial charge is 0.268 e. The number of hydrogen-bond acceptors (Lipinski definition) is 5. The summed E-state index contributed by atoms with van der Waals surface area (Å²) in [4.78, 5) is 16.3. The molecule has 0 aliphatic rings. The van der Waals surface area contributed by atoms with Crippen molar-refractivity contribution in [3.8, 4) is 34.2 Å². The first kappa shape index (κ1) is 23.0. The van der Waals surface area contributed by atoms with E-state index < -0.39 is 0 Å². The number of carbonyl (C=O) groups excluding carboxylic acids is 1. The molecule has 0 spiro atoms. The van der Waals surface area contributed by atoms with Crippen molar-refractivity contribution < 1.29 is 19.0 Å². The maximum atomic E-state index is 13.2. The second-order valence-electron chi connectivity index (χ2n) is 8.12. The molecule has 0 bridgehead atoms. The fourth-order valence-electron chi connectivity index (χ4n) is 4.22. The maximum Gasteiger partial charge on any atom is 0.268 e. The Balaban J connectivity index is 1.46. The molecule has 5 rings (SSSR count). The summed E-state index contributed by atoms with van der Waals surface area (Å²) in [5, 5.41) is 8.55. The molecule has 8 heteroatoms. The summed E-state index contributed by atoms with van der Waals surface area (Å²) in [6.45, 7) is 0.294. The van der Waals surface area contributed by atoms with Crippen molar-refractivity contribution in [3.63, 3.8) is 0 Å². The fraction of sp³-hybridized carbons (Fsp3) is 0.143. The third kappa shape index (κ3) is 4.24. The van der Waals surface area contributed by atoms with Crippen molar-refractivity contribution in [2.45, 2.75) is 6.54 Å². The van der Waals surface area contributed by atoms with Crippen molar-refractivity contribution in [1.29, 1.82) is 0 Å². The summed E-state index contributed by atoms with van der Waals surface area (Å²) in [5.41, 5.74) is 4.63. The number of hydrogen-bond donors (Lipinski definition) is 2. The van der Waals surface area contributed by atoms with Gasteiger partial charge in [0.15, 0.2) is 11.5 Å². The van der Waals surface area contributed by atoms with Crippen molar-refractivity contribution >= 4 is 16.8 Å². The van der Waals surface area contributed by atoms with Gasteiger partial charge in [0.1, 0.15) is 11.4 Å². The first-order valence-corrected chi connectivity index (χ1v) is 11.4. The van der Waals surface area contributed by atoms with Gasteiger partial charge in [-0.2, -0.15) is 5.10 Å². The second kappa shape index (κ2) is 9.87. The number of nitrogens with one attached hydrogen (secondary N) is 2. The van der Waals surface area contributed by atoms with Crippen LogP contribution in [0, 0.1) is 0 Å². The molecule has 2 N–H and O–H groups in total. The van der Waals surface area contributed by atoms with E-state index >= 15 is 0 Å². The monoisotopic (exact) mass is 482 g/mol. The van der Waals surface area contributed by atoms with E-state index in [1.54, 1.807) is 33.5 Å². The van der Waals surface area contributed by atoms with E-state index in [-0.39, 0.29) is 5.91 Å². The number of aromatic nitrogens is 3. The Hall–Kier alpha value is -4.72. The molecule has 0 saturated carbocycles. The number of rotatable bonds is 8. The molecule has 0 saturated heterocycles. The fourth-order valence-corrected chi connectivity index (χ4v) is 4.22. The van der Waals surface area contributed by atoms with Gasteiger partial charge in [0.2, 0.25) is 0 Å². The largest absolute Gasteiger partial charge is 0.496 e. The van der Waals surface area contributed by atoms with Crippen LogP contribution in [0.4, 0.5) is 0 Å². The molecule has 182 valence electrons. The normalized spacial score (nSPS) is 10.9. The Morgan fingerprint density at radius 1 is 0.917 bits per heavy atom. The van der Waals surface area contributed by atoms with Gasteiger partial charge in [-0.1, -0.05) is 48.5 Å². The minimum Gasteiger partial charge on any atom is -0.496 e. The summed E-state index contributed by atoms with van der Waals surface area (Å²) in [6, 6.07) is 23.3. The zero-order valence-corrected chi connectivity index (χ0v) is 20.2. The third-order valence-electron chi connectivity index (χ3n) is 5.98. The molecule has 2 aromatic heterocycles. The SMILES string of the molecule is COc1cc(OC)c2cc(C(=O)NCc3cn(-c4ccccc4)nc3-c3ccccc3)[nH]c2c1OC. The molecular weight excluding hydrogens is 456 g/mol. The van der Waals surface area contributed by atoms with Crippen LogP contribution in [0.3, 0.4) is 0 Å². The van der Waals surface area contributed by atoms with Crippen LogP contribution in [0.25, 0.3) is 27.8 Å². The van der Waals surface area contributed by atoms with Crippen molar-refractivity contribution in [2.75, 3.05) is 21.3 Å². The highest BCUT2D eigenvalue weighted by Crippen LogP contribution is 2.41. The quantitative estimate of drug-likeness (QED) is 0.326. The predicted octanol–water partition coefficient (Wildman–Crippen LogP) is 4.98. The van der Waals surface area contributed by atoms with Gasteiger partial charge in [0, 0.05) is 35.3 Å². The van der Waals surface area contributed by atoms with E-state index in [0.29, 0.717) is 35.0 Å². The average molecular weight is 483 g/mol. The number of methoxy groups -OCH3 is 3. The average Bonchev–Trinajstić information content (AvgIpc) is 3.57. The molecule has 0 fully saturated rings. The van der Waals surface area contributed by atoms with Gasteiger partial charge in [-0.25, -0.2) is 4.68 Å². The van der Waals surface area contributed by atoms with Crippen molar-refractivity contribution in [3.05, 3.63) is 90.3 Å². The summed E-state index contributed by atoms with van der Waals surface area (Å²) in [7, 11) is 4.68. The van der Waals surface area contributed by atoms with Gasteiger partial charge in [0.25, 0.3) is 5.91 Å². The van der Waals surface area contributed by atoms with Crippen LogP contribution in [0.2, 0.25) is 0 Å². The number of amides is 1. The summed E-state index contributed by atoms with van der Waals surface area (Å²) in [6.07, 6.45) is 1.94. The first-order valence-electron chi connectivity index (χ1n) is 11.4. The number of carbonyl (C=O) groups is 1. The number of aromatic amines is 1. The number of H-pyrrole nitrogens is 1. The summed E-state index contributed by atoms with van der Waals surface area (Å²) in [5.74, 6) is 1.33. The van der Waals surface area contributed by atoms with Gasteiger partial charge in [0.05, 0.1) is 38.2 Å². The Morgan fingerprint density at radius 2 is 1.61 bits per heavy atom. The molecule has 8 nitrogen and oxygen atoms in total. The summed E-state index contributed by atoms with van der Waals surface area (Å²) >= 11 is 0. The Morgan fingerprint density at radius 3 is 2.28 bits per heavy atom. The molecule has 0 aliphatic heterocycles. The molecule has 0 unspecified atom stereocenters. The molecule has 1 amide bonds. The molecule has 0 radical (unpaired) electrons. The van der Waals surface area contributed by atoms with Gasteiger partial charge in [-0.15, -0.1) is 0 Å². The second-order valence-corrected chi connectivity index (χ2v) is 8.12. The Bertz CT molecular complexity index is 1510. The molecule has 0 aliphatic carbocycles. The number of fused-ring (bicyclic) bond motifs is 1. The lowest BCUT2D eigenvalue weighted by molar-refractivity contribution is 0.0947. The highest BCUT2D eigenvalue weighted by atomic mass is 16.5. The lowest BCUT2D eigenvalue weighted by Gasteiger charge is -2.11. The van der Waals surface area contributed by atoms with Crippen LogP contribution in [0.5, 0.6) is 17.2 Å². The molecule has 2 heterocycles. The van der Waals surface area contributed by atoms with Gasteiger partial charge >= 0.3 is 0 Å². The number of benzene rings is 3. The van der Waals surface area contributed by atoms with Crippen molar-refractivity contribution in [2.24, 2.45) is 0 Å². The molecule has 5 aromatic rings. The first-order chi connectivity index (χ1) is 17.6. The van der Waals surface area contributed by atoms with Crippen LogP contribution < -0.4 is 19.5 Å². The lowest BCUT2D eigenvalue weighted by atomic mass is 10.1. The van der Waals surface area contributed by atoms with Crippen LogP contribution >= 0.6 is 0 Å². The molecule has 3 aromatic carbocycles. The van der Waals surface area contributed by atoms with E-state index in [2.05, 4.69) is 10.3 Å². The van der Waals surface area contributed by atoms with E-state index in [0.717, 1.165) is 27.9 Å². The van der Waals surface area contributed by atoms with E-state index in [9.17, 15) is 4.79 Å². The third-order valence-corrected chi connectivity index (χ3v) is 5.98. The summed E-state index contributed by atoms with van der Waals surface area (Å²) < 4.78 is 18.3. The highest BCUT2D eigenvalue weighted by molar-refractivity contribution is 6.02. The van der Waals surface area contributed by atoms with Gasteiger partial charge in [-0.05, 0) is 18.2 Å². The number of ether oxygens (including phenoxy) is 3. The van der Waals surface area contributed by atoms with Gasteiger partial charge in [-0.3, -0.25) is 4.79 Å². The standard InChI is InChI=1S/C28H26N4O4/c1-34-23-15-24(35-2)27(36-3)26-21(23)14-22(30-26)28(33)29-16-19-17-32(20-12-8-5-9-13-20)31-25(19)18-10-6-4-7-11-18/h4-15,17,30H,16H2,1-3H3,(H,29,33). The zero-order valence-electron chi connectivity index (χ0n) is 20.2. The maximum absolute atomic E-state index is 13.2. The van der Waals surface area contributed by atoms with Crippen LogP contribution in [0.1, 0.15) is 16.1 Å². The van der Waals surface area contributed by atoms with Crippen molar-refractivity contribution in [1.82, 2.24) is 20.1 Å². The van der Waals surface area contributed by atoms with Crippen LogP contribution in [-0.4, -0.2) is 42.0 Å². The van der Waals surface area contributed by atoms with Crippen LogP contribution in [-0.2, 0) is 6.54 Å². The zero-order chi connectivity index (χ0) is 25.1. The number of para-hydroxylation sites is 1. The predicted molar refractivity (Wildman–Crippen MR) is 138 cm³/mol. The number of nitrogens with zero attached hydrogens (tertiary/aromatic N) is 2. The minimum atomic E-state index is -0.263. The lowest BCUT2D eigenvalue weighted by Crippen LogP contribution is -2.23. The molecular formula is C28H26N4O4.